The lowest BCUT2D eigenvalue weighted by atomic mass is 10.2. The van der Waals surface area contributed by atoms with Crippen LogP contribution in [0.3, 0.4) is 0 Å². The van der Waals surface area contributed by atoms with Crippen LogP contribution in [0.2, 0.25) is 0 Å². The number of phenols is 2. The zero-order chi connectivity index (χ0) is 18.8. The minimum absolute atomic E-state index is 0.198. The van der Waals surface area contributed by atoms with Crippen molar-refractivity contribution in [1.82, 2.24) is 9.97 Å². The fraction of sp³-hybridized carbons (Fsp3) is 0.250. The van der Waals surface area contributed by atoms with E-state index in [9.17, 15) is 19.8 Å². The number of aromatic amines is 2. The average Bonchev–Trinajstić information content (AvgIpc) is 2.59. The van der Waals surface area contributed by atoms with Crippen LogP contribution in [0.15, 0.2) is 44.2 Å². The number of H-pyrrole nitrogens is 2. The number of benzene rings is 1. The first kappa shape index (κ1) is 18.8. The van der Waals surface area contributed by atoms with E-state index in [0.717, 1.165) is 0 Å². The van der Waals surface area contributed by atoms with Crippen LogP contribution in [0, 0.1) is 0 Å². The highest BCUT2D eigenvalue weighted by molar-refractivity contribution is 5.80. The summed E-state index contributed by atoms with van der Waals surface area (Å²) in [4.78, 5) is 36.6. The van der Waals surface area contributed by atoms with Gasteiger partial charge in [0.25, 0.3) is 5.56 Å². The molecule has 1 aromatic heterocycles. The summed E-state index contributed by atoms with van der Waals surface area (Å²) >= 11 is 0. The normalized spacial score (nSPS) is 11.2. The van der Waals surface area contributed by atoms with Crippen LogP contribution in [0.1, 0.15) is 24.1 Å². The lowest BCUT2D eigenvalue weighted by molar-refractivity contribution is 0.112. The molecule has 0 aliphatic carbocycles. The number of aromatic hydroxyl groups is 2. The minimum Gasteiger partial charge on any atom is -0.504 e. The van der Waals surface area contributed by atoms with Gasteiger partial charge in [-0.25, -0.2) is 4.79 Å². The Bertz CT molecular complexity index is 859. The summed E-state index contributed by atoms with van der Waals surface area (Å²) < 4.78 is 0. The molecular weight excluding hydrogens is 344 g/mol. The van der Waals surface area contributed by atoms with Crippen molar-refractivity contribution >= 4 is 12.4 Å². The van der Waals surface area contributed by atoms with Gasteiger partial charge in [0.2, 0.25) is 0 Å². The fourth-order valence-electron chi connectivity index (χ4n) is 1.81. The Morgan fingerprint density at radius 1 is 0.923 bits per heavy atom. The highest BCUT2D eigenvalue weighted by atomic mass is 16.6. The molecule has 0 aliphatic rings. The molecule has 2 rings (SSSR count). The Labute approximate surface area is 147 Å². The number of hydrogen-bond donors (Lipinski definition) is 4. The Hall–Kier alpha value is -3.56. The fourth-order valence-corrected chi connectivity index (χ4v) is 1.81. The number of nitrogens with one attached hydrogen (secondary N) is 2. The number of aromatic nitrogens is 2. The zero-order valence-corrected chi connectivity index (χ0v) is 13.7. The first-order valence-corrected chi connectivity index (χ1v) is 7.71. The minimum atomic E-state index is -0.612. The molecule has 0 spiro atoms. The summed E-state index contributed by atoms with van der Waals surface area (Å²) in [6.45, 7) is 0.706. The predicted octanol–water partition coefficient (Wildman–Crippen LogP) is 0.656. The standard InChI is InChI=1S/C16H18N4O6/c21-13-4-3-11(7-14(13)22)9-17-25-5-1-2-6-26-18-10-12-8-15(23)20-16(24)19-12/h3-4,7-10,21-22H,1-2,5-6H2,(H2,19,20,23,24)/b17-9+,18-10+. The van der Waals surface area contributed by atoms with Crippen molar-refractivity contribution in [2.45, 2.75) is 12.8 Å². The number of phenolic OH excluding ortho intramolecular Hbond substituents is 2. The van der Waals surface area contributed by atoms with Gasteiger partial charge in [-0.2, -0.15) is 0 Å². The van der Waals surface area contributed by atoms with Gasteiger partial charge in [-0.15, -0.1) is 0 Å². The molecule has 0 aliphatic heterocycles. The average molecular weight is 362 g/mol. The van der Waals surface area contributed by atoms with Crippen molar-refractivity contribution in [1.29, 1.82) is 0 Å². The van der Waals surface area contributed by atoms with E-state index >= 15 is 0 Å². The van der Waals surface area contributed by atoms with Crippen LogP contribution in [0.4, 0.5) is 0 Å². The summed E-state index contributed by atoms with van der Waals surface area (Å²) in [5.41, 5.74) is -0.290. The van der Waals surface area contributed by atoms with Gasteiger partial charge in [-0.3, -0.25) is 9.78 Å². The van der Waals surface area contributed by atoms with E-state index in [-0.39, 0.29) is 17.2 Å². The van der Waals surface area contributed by atoms with E-state index in [1.165, 1.54) is 30.6 Å². The first-order chi connectivity index (χ1) is 12.5. The van der Waals surface area contributed by atoms with Crippen LogP contribution < -0.4 is 11.2 Å². The lowest BCUT2D eigenvalue weighted by Crippen LogP contribution is -2.22. The van der Waals surface area contributed by atoms with Crippen molar-refractivity contribution in [2.75, 3.05) is 13.2 Å². The Kier molecular flexibility index (Phi) is 6.98. The Morgan fingerprint density at radius 3 is 2.27 bits per heavy atom. The largest absolute Gasteiger partial charge is 0.504 e. The first-order valence-electron chi connectivity index (χ1n) is 7.71. The highest BCUT2D eigenvalue weighted by Gasteiger charge is 1.98. The van der Waals surface area contributed by atoms with Crippen LogP contribution in [0.25, 0.3) is 0 Å². The number of oxime groups is 2. The second kappa shape index (κ2) is 9.67. The molecule has 0 atom stereocenters. The van der Waals surface area contributed by atoms with Gasteiger partial charge in [0.05, 0.1) is 18.1 Å². The van der Waals surface area contributed by atoms with Gasteiger partial charge in [0.15, 0.2) is 11.5 Å². The molecule has 1 heterocycles. The van der Waals surface area contributed by atoms with Crippen molar-refractivity contribution in [2.24, 2.45) is 10.3 Å². The van der Waals surface area contributed by atoms with E-state index in [2.05, 4.69) is 15.3 Å². The monoisotopic (exact) mass is 362 g/mol. The quantitative estimate of drug-likeness (QED) is 0.223. The smallest absolute Gasteiger partial charge is 0.326 e. The Balaban J connectivity index is 1.58. The molecule has 10 heteroatoms. The van der Waals surface area contributed by atoms with Gasteiger partial charge < -0.3 is 24.9 Å². The molecule has 26 heavy (non-hydrogen) atoms. The third-order valence-corrected chi connectivity index (χ3v) is 3.04. The van der Waals surface area contributed by atoms with Crippen LogP contribution in [-0.2, 0) is 9.68 Å². The van der Waals surface area contributed by atoms with Gasteiger partial charge in [-0.1, -0.05) is 10.3 Å². The molecule has 0 bridgehead atoms. The summed E-state index contributed by atoms with van der Waals surface area (Å²) in [6, 6.07) is 5.49. The molecule has 0 unspecified atom stereocenters. The molecule has 1 aromatic carbocycles. The third-order valence-electron chi connectivity index (χ3n) is 3.04. The van der Waals surface area contributed by atoms with Gasteiger partial charge >= 0.3 is 5.69 Å². The van der Waals surface area contributed by atoms with E-state index in [1.807, 2.05) is 4.98 Å². The number of nitrogens with zero attached hydrogens (tertiary/aromatic N) is 2. The van der Waals surface area contributed by atoms with Gasteiger partial charge in [-0.05, 0) is 36.6 Å². The predicted molar refractivity (Wildman–Crippen MR) is 93.8 cm³/mol. The summed E-state index contributed by atoms with van der Waals surface area (Å²) in [7, 11) is 0. The molecule has 0 amide bonds. The van der Waals surface area contributed by atoms with Gasteiger partial charge in [0.1, 0.15) is 13.2 Å². The van der Waals surface area contributed by atoms with Crippen molar-refractivity contribution < 1.29 is 19.9 Å². The van der Waals surface area contributed by atoms with Crippen LogP contribution in [0.5, 0.6) is 11.5 Å². The maximum Gasteiger partial charge on any atom is 0.326 e. The van der Waals surface area contributed by atoms with Crippen molar-refractivity contribution in [3.05, 3.63) is 56.4 Å². The van der Waals surface area contributed by atoms with Gasteiger partial charge in [0, 0.05) is 6.07 Å². The topological polar surface area (TPSA) is 149 Å². The second-order valence-corrected chi connectivity index (χ2v) is 5.13. The molecule has 0 saturated carbocycles. The van der Waals surface area contributed by atoms with Crippen molar-refractivity contribution in [3.63, 3.8) is 0 Å². The molecule has 138 valence electrons. The summed E-state index contributed by atoms with van der Waals surface area (Å²) in [6.07, 6.45) is 4.00. The Morgan fingerprint density at radius 2 is 1.62 bits per heavy atom. The molecule has 0 radical (unpaired) electrons. The van der Waals surface area contributed by atoms with E-state index < -0.39 is 11.2 Å². The molecule has 2 aromatic rings. The van der Waals surface area contributed by atoms with Crippen LogP contribution in [-0.4, -0.2) is 45.8 Å². The summed E-state index contributed by atoms with van der Waals surface area (Å²) in [5, 5.41) is 25.9. The van der Waals surface area contributed by atoms with E-state index in [0.29, 0.717) is 31.6 Å². The number of hydrogen-bond acceptors (Lipinski definition) is 8. The second-order valence-electron chi connectivity index (χ2n) is 5.13. The number of unbranched alkanes of at least 4 members (excludes halogenated alkanes) is 1. The molecular formula is C16H18N4O6. The third kappa shape index (κ3) is 6.51. The maximum atomic E-state index is 11.1. The molecule has 10 nitrogen and oxygen atoms in total. The van der Waals surface area contributed by atoms with Crippen LogP contribution >= 0.6 is 0 Å². The number of rotatable bonds is 9. The van der Waals surface area contributed by atoms with E-state index in [4.69, 9.17) is 9.68 Å². The molecule has 0 fully saturated rings. The SMILES string of the molecule is O=c1cc(/C=N/OCCCCO/N=C/c2ccc(O)c(O)c2)[nH]c(=O)[nH]1. The lowest BCUT2D eigenvalue weighted by Gasteiger charge is -2.00. The van der Waals surface area contributed by atoms with Crippen molar-refractivity contribution in [3.8, 4) is 11.5 Å². The molecule has 4 N–H and O–H groups in total. The highest BCUT2D eigenvalue weighted by Crippen LogP contribution is 2.23. The van der Waals surface area contributed by atoms with E-state index in [1.54, 1.807) is 6.07 Å². The zero-order valence-electron chi connectivity index (χ0n) is 13.7. The summed E-state index contributed by atoms with van der Waals surface area (Å²) in [5.74, 6) is -0.424. The molecule has 0 saturated heterocycles. The maximum absolute atomic E-state index is 11.1.